The Morgan fingerprint density at radius 2 is 0.969 bits per heavy atom. The van der Waals surface area contributed by atoms with Gasteiger partial charge in [0.2, 0.25) is 0 Å². The molecular weight excluding hydrogens is 395 g/mol. The molecule has 0 saturated heterocycles. The lowest BCUT2D eigenvalue weighted by molar-refractivity contribution is 0.291. The van der Waals surface area contributed by atoms with Crippen LogP contribution in [0.1, 0.15) is 0 Å². The molecule has 0 aliphatic rings. The minimum Gasteiger partial charge on any atom is -0.511 e. The summed E-state index contributed by atoms with van der Waals surface area (Å²) in [6.45, 7) is 0. The van der Waals surface area contributed by atoms with Crippen LogP contribution in [0.15, 0.2) is 103 Å². The summed E-state index contributed by atoms with van der Waals surface area (Å²) >= 11 is 0. The van der Waals surface area contributed by atoms with E-state index in [0.717, 1.165) is 32.7 Å². The van der Waals surface area contributed by atoms with Gasteiger partial charge in [-0.05, 0) is 49.5 Å². The van der Waals surface area contributed by atoms with Crippen LogP contribution in [0.2, 0.25) is 0 Å². The molecule has 0 aromatic heterocycles. The van der Waals surface area contributed by atoms with Gasteiger partial charge in [-0.25, -0.2) is 0 Å². The van der Waals surface area contributed by atoms with E-state index in [0.29, 0.717) is 5.75 Å². The van der Waals surface area contributed by atoms with Crippen LogP contribution in [-0.4, -0.2) is 17.4 Å². The molecule has 4 heteroatoms. The number of hydrogen-bond acceptors (Lipinski definition) is 3. The molecule has 0 aliphatic heterocycles. The fourth-order valence-electron chi connectivity index (χ4n) is 4.87. The summed E-state index contributed by atoms with van der Waals surface area (Å²) in [7, 11) is -1.89. The summed E-state index contributed by atoms with van der Waals surface area (Å²) < 4.78 is 5.50. The van der Waals surface area contributed by atoms with Crippen LogP contribution in [0.5, 0.6) is 5.75 Å². The first kappa shape index (κ1) is 18.9. The van der Waals surface area contributed by atoms with Crippen molar-refractivity contribution in [2.75, 3.05) is 0 Å². The Morgan fingerprint density at radius 3 is 1.56 bits per heavy atom. The van der Waals surface area contributed by atoms with Gasteiger partial charge >= 0.3 is 7.32 Å². The predicted molar refractivity (Wildman–Crippen MR) is 133 cm³/mol. The number of rotatable bonds is 3. The highest BCUT2D eigenvalue weighted by molar-refractivity contribution is 6.35. The van der Waals surface area contributed by atoms with Crippen molar-refractivity contribution in [3.05, 3.63) is 103 Å². The molecule has 0 aliphatic carbocycles. The monoisotopic (exact) mass is 414 g/mol. The first-order chi connectivity index (χ1) is 15.7. The van der Waals surface area contributed by atoms with Crippen LogP contribution in [0.3, 0.4) is 0 Å². The Bertz CT molecular complexity index is 1580. The van der Waals surface area contributed by atoms with Gasteiger partial charge in [0.25, 0.3) is 0 Å². The molecule has 6 aromatic carbocycles. The highest BCUT2D eigenvalue weighted by Gasteiger charge is 2.21. The standard InChI is InChI=1S/C28H19BO3/c30-29(31)32-28-24-15-7-5-13-22(24)27(23-14-6-8-16-25(23)28)26-17-18-9-1-2-10-19(18)20-11-3-4-12-21(20)26/h1-17,30-31H. The fourth-order valence-corrected chi connectivity index (χ4v) is 4.87. The van der Waals surface area contributed by atoms with Crippen LogP contribution in [-0.2, 0) is 0 Å². The smallest absolute Gasteiger partial charge is 0.511 e. The maximum atomic E-state index is 9.60. The SMILES string of the molecule is OB(O)Oc1c2ccccc2c(-c2cc3ccccc3c3ccccc23)c2ccccc12. The zero-order valence-corrected chi connectivity index (χ0v) is 17.2. The lowest BCUT2D eigenvalue weighted by Crippen LogP contribution is -2.21. The molecule has 0 amide bonds. The van der Waals surface area contributed by atoms with E-state index in [-0.39, 0.29) is 0 Å². The Kier molecular flexibility index (Phi) is 4.35. The van der Waals surface area contributed by atoms with Crippen molar-refractivity contribution in [1.82, 2.24) is 0 Å². The summed E-state index contributed by atoms with van der Waals surface area (Å²) in [5, 5.41) is 27.7. The minimum absolute atomic E-state index is 0.472. The maximum Gasteiger partial charge on any atom is 0.707 e. The quantitative estimate of drug-likeness (QED) is 0.203. The Morgan fingerprint density at radius 1 is 0.500 bits per heavy atom. The van der Waals surface area contributed by atoms with Crippen molar-refractivity contribution in [2.24, 2.45) is 0 Å². The molecule has 32 heavy (non-hydrogen) atoms. The van der Waals surface area contributed by atoms with Gasteiger partial charge in [0.1, 0.15) is 5.75 Å². The molecule has 0 atom stereocenters. The molecule has 0 fully saturated rings. The van der Waals surface area contributed by atoms with Gasteiger partial charge < -0.3 is 14.7 Å². The third kappa shape index (κ3) is 2.85. The lowest BCUT2D eigenvalue weighted by atomic mass is 9.87. The van der Waals surface area contributed by atoms with Crippen molar-refractivity contribution in [2.45, 2.75) is 0 Å². The molecule has 2 N–H and O–H groups in total. The van der Waals surface area contributed by atoms with E-state index in [1.54, 1.807) is 0 Å². The topological polar surface area (TPSA) is 49.7 Å². The summed E-state index contributed by atoms with van der Waals surface area (Å²) in [6.07, 6.45) is 0. The van der Waals surface area contributed by atoms with E-state index in [1.807, 2.05) is 36.4 Å². The Balaban J connectivity index is 1.84. The van der Waals surface area contributed by atoms with Crippen molar-refractivity contribution >= 4 is 50.4 Å². The Labute approximate surface area is 185 Å². The maximum absolute atomic E-state index is 9.60. The van der Waals surface area contributed by atoms with E-state index in [1.165, 1.54) is 21.5 Å². The number of fused-ring (bicyclic) bond motifs is 5. The molecule has 0 radical (unpaired) electrons. The molecule has 3 nitrogen and oxygen atoms in total. The molecule has 6 rings (SSSR count). The second-order valence-corrected chi connectivity index (χ2v) is 7.93. The number of hydrogen-bond donors (Lipinski definition) is 2. The fraction of sp³-hybridized carbons (Fsp3) is 0. The third-order valence-electron chi connectivity index (χ3n) is 6.14. The van der Waals surface area contributed by atoms with Crippen molar-refractivity contribution in [3.8, 4) is 16.9 Å². The van der Waals surface area contributed by atoms with Crippen LogP contribution < -0.4 is 4.65 Å². The van der Waals surface area contributed by atoms with Gasteiger partial charge in [0, 0.05) is 10.8 Å². The molecule has 6 aromatic rings. The highest BCUT2D eigenvalue weighted by atomic mass is 16.6. The molecular formula is C28H19BO3. The van der Waals surface area contributed by atoms with E-state index >= 15 is 0 Å². The summed E-state index contributed by atoms with van der Waals surface area (Å²) in [4.78, 5) is 0. The highest BCUT2D eigenvalue weighted by Crippen LogP contribution is 2.46. The zero-order valence-electron chi connectivity index (χ0n) is 17.2. The second kappa shape index (κ2) is 7.38. The van der Waals surface area contributed by atoms with E-state index in [4.69, 9.17) is 4.65 Å². The lowest BCUT2D eigenvalue weighted by Gasteiger charge is -2.19. The summed E-state index contributed by atoms with van der Waals surface area (Å²) in [5.41, 5.74) is 2.25. The molecule has 0 bridgehead atoms. The normalized spacial score (nSPS) is 11.4. The van der Waals surface area contributed by atoms with Crippen molar-refractivity contribution in [3.63, 3.8) is 0 Å². The van der Waals surface area contributed by atoms with Crippen molar-refractivity contribution < 1.29 is 14.7 Å². The molecule has 0 unspecified atom stereocenters. The largest absolute Gasteiger partial charge is 0.707 e. The van der Waals surface area contributed by atoms with Gasteiger partial charge in [-0.1, -0.05) is 97.1 Å². The van der Waals surface area contributed by atoms with Crippen LogP contribution in [0.25, 0.3) is 54.2 Å². The van der Waals surface area contributed by atoms with E-state index in [2.05, 4.69) is 66.7 Å². The predicted octanol–water partition coefficient (Wildman–Crippen LogP) is 6.31. The molecule has 152 valence electrons. The summed E-state index contributed by atoms with van der Waals surface area (Å²) in [5.74, 6) is 0.472. The van der Waals surface area contributed by atoms with Gasteiger partial charge in [0.15, 0.2) is 0 Å². The average molecular weight is 414 g/mol. The third-order valence-corrected chi connectivity index (χ3v) is 6.14. The van der Waals surface area contributed by atoms with Crippen LogP contribution >= 0.6 is 0 Å². The first-order valence-corrected chi connectivity index (χ1v) is 10.6. The van der Waals surface area contributed by atoms with Gasteiger partial charge in [-0.3, -0.25) is 0 Å². The zero-order chi connectivity index (χ0) is 21.7. The Hall–Kier alpha value is -3.86. The second-order valence-electron chi connectivity index (χ2n) is 7.93. The van der Waals surface area contributed by atoms with Gasteiger partial charge in [0.05, 0.1) is 0 Å². The molecule has 0 spiro atoms. The number of benzene rings is 6. The summed E-state index contributed by atoms with van der Waals surface area (Å²) in [6, 6.07) is 35.2. The minimum atomic E-state index is -1.89. The van der Waals surface area contributed by atoms with E-state index in [9.17, 15) is 10.0 Å². The van der Waals surface area contributed by atoms with Crippen molar-refractivity contribution in [1.29, 1.82) is 0 Å². The molecule has 0 saturated carbocycles. The van der Waals surface area contributed by atoms with Gasteiger partial charge in [-0.15, -0.1) is 0 Å². The van der Waals surface area contributed by atoms with Crippen LogP contribution in [0.4, 0.5) is 0 Å². The first-order valence-electron chi connectivity index (χ1n) is 10.6. The molecule has 0 heterocycles. The average Bonchev–Trinajstić information content (AvgIpc) is 2.83. The van der Waals surface area contributed by atoms with Crippen LogP contribution in [0, 0.1) is 0 Å². The van der Waals surface area contributed by atoms with Gasteiger partial charge in [-0.2, -0.15) is 0 Å². The van der Waals surface area contributed by atoms with E-state index < -0.39 is 7.32 Å².